The molecule has 0 unspecified atom stereocenters. The number of aryl methyl sites for hydroxylation is 1. The first-order valence-corrected chi connectivity index (χ1v) is 7.69. The van der Waals surface area contributed by atoms with Crippen LogP contribution in [0, 0.1) is 17.0 Å². The molecule has 2 aromatic rings. The van der Waals surface area contributed by atoms with Crippen molar-refractivity contribution in [1.29, 1.82) is 0 Å². The fourth-order valence-electron chi connectivity index (χ4n) is 2.59. The van der Waals surface area contributed by atoms with Gasteiger partial charge in [-0.2, -0.15) is 0 Å². The molecule has 0 atom stereocenters. The van der Waals surface area contributed by atoms with Gasteiger partial charge in [-0.1, -0.05) is 0 Å². The molecule has 7 heteroatoms. The molecule has 0 aromatic carbocycles. The Bertz CT molecular complexity index is 615. The van der Waals surface area contributed by atoms with Crippen molar-refractivity contribution in [3.05, 3.63) is 45.9 Å². The Morgan fingerprint density at radius 1 is 1.38 bits per heavy atom. The molecule has 2 aromatic heterocycles. The molecule has 3 heterocycles. The van der Waals surface area contributed by atoms with E-state index < -0.39 is 0 Å². The summed E-state index contributed by atoms with van der Waals surface area (Å²) >= 11 is 1.27. The largest absolute Gasteiger partial charge is 0.468 e. The average Bonchev–Trinajstić information content (AvgIpc) is 3.09. The van der Waals surface area contributed by atoms with Crippen LogP contribution in [0.1, 0.15) is 11.3 Å². The fourth-order valence-corrected chi connectivity index (χ4v) is 3.63. The van der Waals surface area contributed by atoms with E-state index in [0.717, 1.165) is 49.0 Å². The zero-order valence-corrected chi connectivity index (χ0v) is 12.6. The van der Waals surface area contributed by atoms with Gasteiger partial charge in [0.1, 0.15) is 10.8 Å². The van der Waals surface area contributed by atoms with E-state index in [4.69, 9.17) is 4.42 Å². The van der Waals surface area contributed by atoms with E-state index in [-0.39, 0.29) is 9.92 Å². The number of hydrogen-bond donors (Lipinski definition) is 0. The maximum absolute atomic E-state index is 10.9. The first-order chi connectivity index (χ1) is 10.1. The van der Waals surface area contributed by atoms with Crippen LogP contribution in [-0.4, -0.2) is 36.0 Å². The number of nitrogens with zero attached hydrogens (tertiary/aromatic N) is 3. The van der Waals surface area contributed by atoms with E-state index in [9.17, 15) is 10.1 Å². The Balaban J connectivity index is 1.61. The quantitative estimate of drug-likeness (QED) is 0.642. The molecule has 1 aliphatic heterocycles. The Morgan fingerprint density at radius 2 is 2.14 bits per heavy atom. The lowest BCUT2D eigenvalue weighted by atomic mass is 10.2. The van der Waals surface area contributed by atoms with E-state index in [0.29, 0.717) is 0 Å². The summed E-state index contributed by atoms with van der Waals surface area (Å²) in [5, 5.41) is 12.1. The Kier molecular flexibility index (Phi) is 3.94. The summed E-state index contributed by atoms with van der Waals surface area (Å²) in [7, 11) is 0. The molecule has 112 valence electrons. The molecule has 3 rings (SSSR count). The van der Waals surface area contributed by atoms with E-state index in [2.05, 4.69) is 9.80 Å². The summed E-state index contributed by atoms with van der Waals surface area (Å²) in [4.78, 5) is 15.1. The first kappa shape index (κ1) is 14.1. The number of furan rings is 1. The highest BCUT2D eigenvalue weighted by molar-refractivity contribution is 7.19. The van der Waals surface area contributed by atoms with Crippen LogP contribution in [0.25, 0.3) is 0 Å². The van der Waals surface area contributed by atoms with E-state index >= 15 is 0 Å². The average molecular weight is 307 g/mol. The van der Waals surface area contributed by atoms with Gasteiger partial charge in [-0.3, -0.25) is 15.0 Å². The summed E-state index contributed by atoms with van der Waals surface area (Å²) in [5.74, 6) is 0.978. The zero-order chi connectivity index (χ0) is 14.8. The molecule has 0 radical (unpaired) electrons. The molecular formula is C14H17N3O3S. The minimum Gasteiger partial charge on any atom is -0.468 e. The highest BCUT2D eigenvalue weighted by Gasteiger charge is 2.23. The van der Waals surface area contributed by atoms with Crippen molar-refractivity contribution < 1.29 is 9.34 Å². The molecular weight excluding hydrogens is 290 g/mol. The molecule has 0 amide bonds. The number of thiophene rings is 1. The van der Waals surface area contributed by atoms with Crippen molar-refractivity contribution in [2.75, 3.05) is 31.1 Å². The van der Waals surface area contributed by atoms with Gasteiger partial charge in [0.2, 0.25) is 0 Å². The van der Waals surface area contributed by atoms with Crippen molar-refractivity contribution in [1.82, 2.24) is 4.90 Å². The number of nitro groups is 1. The van der Waals surface area contributed by atoms with Crippen molar-refractivity contribution in [2.45, 2.75) is 13.5 Å². The molecule has 0 aliphatic carbocycles. The van der Waals surface area contributed by atoms with Gasteiger partial charge >= 0.3 is 5.00 Å². The van der Waals surface area contributed by atoms with Gasteiger partial charge in [0.25, 0.3) is 0 Å². The predicted molar refractivity (Wildman–Crippen MR) is 81.9 cm³/mol. The van der Waals surface area contributed by atoms with Gasteiger partial charge in [-0.25, -0.2) is 0 Å². The van der Waals surface area contributed by atoms with Gasteiger partial charge in [-0.15, -0.1) is 0 Å². The normalized spacial score (nSPS) is 16.3. The summed E-state index contributed by atoms with van der Waals surface area (Å²) in [6, 6.07) is 5.55. The third kappa shape index (κ3) is 3.08. The maximum atomic E-state index is 10.9. The van der Waals surface area contributed by atoms with Crippen molar-refractivity contribution >= 4 is 21.3 Å². The third-order valence-corrected chi connectivity index (χ3v) is 4.93. The molecule has 21 heavy (non-hydrogen) atoms. The van der Waals surface area contributed by atoms with Crippen LogP contribution in [0.2, 0.25) is 0 Å². The molecule has 0 saturated carbocycles. The second kappa shape index (κ2) is 5.87. The van der Waals surface area contributed by atoms with Gasteiger partial charge in [0, 0.05) is 32.2 Å². The minimum absolute atomic E-state index is 0.223. The topological polar surface area (TPSA) is 62.8 Å². The second-order valence-corrected chi connectivity index (χ2v) is 6.18. The molecule has 1 saturated heterocycles. The number of hydrogen-bond acceptors (Lipinski definition) is 6. The molecule has 0 spiro atoms. The highest BCUT2D eigenvalue weighted by Crippen LogP contribution is 2.36. The van der Waals surface area contributed by atoms with Crippen molar-refractivity contribution in [3.63, 3.8) is 0 Å². The maximum Gasteiger partial charge on any atom is 0.326 e. The summed E-state index contributed by atoms with van der Waals surface area (Å²) in [6.45, 7) is 6.41. The number of anilines is 1. The smallest absolute Gasteiger partial charge is 0.326 e. The van der Waals surface area contributed by atoms with E-state index in [1.807, 2.05) is 19.1 Å². The van der Waals surface area contributed by atoms with Crippen LogP contribution in [0.5, 0.6) is 0 Å². The van der Waals surface area contributed by atoms with E-state index in [1.54, 1.807) is 12.3 Å². The van der Waals surface area contributed by atoms with Crippen LogP contribution in [0.15, 0.2) is 28.9 Å². The SMILES string of the molecule is Cc1cc([N+](=O)[O-])sc1N1CCN(Cc2ccco2)CC1. The monoisotopic (exact) mass is 307 g/mol. The van der Waals surface area contributed by atoms with Gasteiger partial charge in [-0.05, 0) is 36.0 Å². The van der Waals surface area contributed by atoms with Crippen molar-refractivity contribution in [3.8, 4) is 0 Å². The fraction of sp³-hybridized carbons (Fsp3) is 0.429. The van der Waals surface area contributed by atoms with E-state index in [1.165, 1.54) is 11.3 Å². The zero-order valence-electron chi connectivity index (χ0n) is 11.8. The number of rotatable bonds is 4. The van der Waals surface area contributed by atoms with Crippen LogP contribution in [-0.2, 0) is 6.54 Å². The van der Waals surface area contributed by atoms with Crippen molar-refractivity contribution in [2.24, 2.45) is 0 Å². The standard InChI is InChI=1S/C14H17N3O3S/c1-11-9-13(17(18)19)21-14(11)16-6-4-15(5-7-16)10-12-3-2-8-20-12/h2-3,8-9H,4-7,10H2,1H3. The van der Waals surface area contributed by atoms with Crippen LogP contribution < -0.4 is 4.90 Å². The van der Waals surface area contributed by atoms with Crippen LogP contribution in [0.3, 0.4) is 0 Å². The molecule has 0 N–H and O–H groups in total. The van der Waals surface area contributed by atoms with Gasteiger partial charge < -0.3 is 9.32 Å². The van der Waals surface area contributed by atoms with Crippen LogP contribution in [0.4, 0.5) is 10.0 Å². The third-order valence-electron chi connectivity index (χ3n) is 3.68. The molecule has 1 aliphatic rings. The number of piperazine rings is 1. The first-order valence-electron chi connectivity index (χ1n) is 6.88. The molecule has 6 nitrogen and oxygen atoms in total. The Hall–Kier alpha value is -1.86. The highest BCUT2D eigenvalue weighted by atomic mass is 32.1. The lowest BCUT2D eigenvalue weighted by Crippen LogP contribution is -2.45. The minimum atomic E-state index is -0.311. The predicted octanol–water partition coefficient (Wildman–Crippen LogP) is 2.88. The molecule has 0 bridgehead atoms. The Labute approximate surface area is 126 Å². The van der Waals surface area contributed by atoms with Crippen LogP contribution >= 0.6 is 11.3 Å². The Morgan fingerprint density at radius 3 is 2.71 bits per heavy atom. The second-order valence-electron chi connectivity index (χ2n) is 5.17. The summed E-state index contributed by atoms with van der Waals surface area (Å²) < 4.78 is 5.37. The lowest BCUT2D eigenvalue weighted by Gasteiger charge is -2.35. The van der Waals surface area contributed by atoms with Gasteiger partial charge in [0.05, 0.1) is 17.7 Å². The lowest BCUT2D eigenvalue weighted by molar-refractivity contribution is -0.380. The summed E-state index contributed by atoms with van der Waals surface area (Å²) in [6.07, 6.45) is 1.69. The summed E-state index contributed by atoms with van der Waals surface area (Å²) in [5.41, 5.74) is 0.992. The van der Waals surface area contributed by atoms with Gasteiger partial charge in [0.15, 0.2) is 0 Å². The molecule has 1 fully saturated rings.